The van der Waals surface area contributed by atoms with E-state index >= 15 is 0 Å². The second kappa shape index (κ2) is 7.93. The number of nitrogens with one attached hydrogen (secondary N) is 1. The Hall–Kier alpha value is -3.00. The van der Waals surface area contributed by atoms with Gasteiger partial charge in [-0.3, -0.25) is 4.79 Å². The van der Waals surface area contributed by atoms with Crippen LogP contribution in [0.25, 0.3) is 11.4 Å². The van der Waals surface area contributed by atoms with Crippen molar-refractivity contribution in [3.63, 3.8) is 0 Å². The van der Waals surface area contributed by atoms with Crippen LogP contribution in [0.15, 0.2) is 47.6 Å². The number of fused-ring (bicyclic) bond motifs is 1. The smallest absolute Gasteiger partial charge is 0.231 e. The number of ether oxygens (including phenoxy) is 2. The van der Waals surface area contributed by atoms with Crippen molar-refractivity contribution >= 4 is 23.4 Å². The van der Waals surface area contributed by atoms with Crippen molar-refractivity contribution in [1.29, 1.82) is 0 Å². The van der Waals surface area contributed by atoms with E-state index in [-0.39, 0.29) is 12.7 Å². The van der Waals surface area contributed by atoms with Gasteiger partial charge in [0.25, 0.3) is 0 Å². The van der Waals surface area contributed by atoms with Crippen LogP contribution >= 0.6 is 11.8 Å². The summed E-state index contributed by atoms with van der Waals surface area (Å²) >= 11 is 1.63. The van der Waals surface area contributed by atoms with Gasteiger partial charge in [0, 0.05) is 30.5 Å². The average molecular weight is 396 g/mol. The standard InChI is InChI=1S/C20H20N4O3S/c1-3-24-19(15-6-9-17-18(10-15)27-12-26-17)22-23-20(24)28-11-14-4-7-16(8-5-14)21-13(2)25/h4-10H,3,11-12H2,1-2H3,(H,21,25). The average Bonchev–Trinajstić information content (AvgIpc) is 3.32. The fraction of sp³-hybridized carbons (Fsp3) is 0.250. The normalized spacial score (nSPS) is 12.2. The minimum Gasteiger partial charge on any atom is -0.454 e. The van der Waals surface area contributed by atoms with Crippen LogP contribution in [0.1, 0.15) is 19.4 Å². The Labute approximate surface area is 167 Å². The molecule has 0 unspecified atom stereocenters. The number of hydrogen-bond donors (Lipinski definition) is 1. The number of amides is 1. The summed E-state index contributed by atoms with van der Waals surface area (Å²) < 4.78 is 12.9. The van der Waals surface area contributed by atoms with Gasteiger partial charge in [0.05, 0.1) is 0 Å². The van der Waals surface area contributed by atoms with E-state index < -0.39 is 0 Å². The lowest BCUT2D eigenvalue weighted by atomic mass is 10.2. The Morgan fingerprint density at radius 2 is 1.93 bits per heavy atom. The quantitative estimate of drug-likeness (QED) is 0.636. The summed E-state index contributed by atoms with van der Waals surface area (Å²) in [5.41, 5.74) is 2.89. The molecule has 0 spiro atoms. The van der Waals surface area contributed by atoms with E-state index in [0.29, 0.717) is 0 Å². The molecule has 1 amide bonds. The SMILES string of the molecule is CCn1c(SCc2ccc(NC(C)=O)cc2)nnc1-c1ccc2c(c1)OCO2. The third kappa shape index (κ3) is 3.82. The third-order valence-electron chi connectivity index (χ3n) is 4.31. The summed E-state index contributed by atoms with van der Waals surface area (Å²) in [4.78, 5) is 11.1. The second-order valence-electron chi connectivity index (χ2n) is 6.29. The first-order chi connectivity index (χ1) is 13.6. The lowest BCUT2D eigenvalue weighted by molar-refractivity contribution is -0.114. The fourth-order valence-corrected chi connectivity index (χ4v) is 3.92. The van der Waals surface area contributed by atoms with Gasteiger partial charge in [-0.05, 0) is 42.8 Å². The van der Waals surface area contributed by atoms with Crippen LogP contribution in [-0.4, -0.2) is 27.5 Å². The molecule has 2 aromatic carbocycles. The molecule has 0 fully saturated rings. The fourth-order valence-electron chi connectivity index (χ4n) is 2.97. The lowest BCUT2D eigenvalue weighted by Gasteiger charge is -2.08. The summed E-state index contributed by atoms with van der Waals surface area (Å²) in [5, 5.41) is 12.4. The monoisotopic (exact) mass is 396 g/mol. The molecule has 1 N–H and O–H groups in total. The Balaban J connectivity index is 1.49. The van der Waals surface area contributed by atoms with Crippen LogP contribution < -0.4 is 14.8 Å². The molecule has 1 aliphatic rings. The zero-order chi connectivity index (χ0) is 19.5. The van der Waals surface area contributed by atoms with Gasteiger partial charge in [0.1, 0.15) is 0 Å². The second-order valence-corrected chi connectivity index (χ2v) is 7.23. The van der Waals surface area contributed by atoms with Crippen molar-refractivity contribution in [2.24, 2.45) is 0 Å². The largest absolute Gasteiger partial charge is 0.454 e. The number of aromatic nitrogens is 3. The van der Waals surface area contributed by atoms with Gasteiger partial charge in [-0.25, -0.2) is 0 Å². The Morgan fingerprint density at radius 3 is 2.68 bits per heavy atom. The predicted octanol–water partition coefficient (Wildman–Crippen LogP) is 3.94. The van der Waals surface area contributed by atoms with Crippen molar-refractivity contribution in [2.45, 2.75) is 31.3 Å². The van der Waals surface area contributed by atoms with Gasteiger partial charge in [0.2, 0.25) is 12.7 Å². The molecule has 0 bridgehead atoms. The van der Waals surface area contributed by atoms with E-state index in [0.717, 1.165) is 51.6 Å². The molecule has 1 aliphatic heterocycles. The number of thioether (sulfide) groups is 1. The van der Waals surface area contributed by atoms with E-state index in [9.17, 15) is 4.79 Å². The van der Waals surface area contributed by atoms with E-state index in [2.05, 4.69) is 27.0 Å². The van der Waals surface area contributed by atoms with E-state index in [1.165, 1.54) is 6.92 Å². The van der Waals surface area contributed by atoms with E-state index in [1.54, 1.807) is 11.8 Å². The number of carbonyl (C=O) groups excluding carboxylic acids is 1. The van der Waals surface area contributed by atoms with Gasteiger partial charge in [-0.2, -0.15) is 0 Å². The summed E-state index contributed by atoms with van der Waals surface area (Å²) in [6, 6.07) is 13.6. The Morgan fingerprint density at radius 1 is 1.14 bits per heavy atom. The molecule has 2 heterocycles. The first-order valence-electron chi connectivity index (χ1n) is 8.96. The maximum absolute atomic E-state index is 11.1. The van der Waals surface area contributed by atoms with E-state index in [1.807, 2.05) is 42.5 Å². The summed E-state index contributed by atoms with van der Waals surface area (Å²) in [5.74, 6) is 2.98. The first kappa shape index (κ1) is 18.4. The lowest BCUT2D eigenvalue weighted by Crippen LogP contribution is -2.05. The molecule has 0 atom stereocenters. The van der Waals surface area contributed by atoms with Crippen molar-refractivity contribution in [3.05, 3.63) is 48.0 Å². The number of anilines is 1. The van der Waals surface area contributed by atoms with Crippen LogP contribution in [0.5, 0.6) is 11.5 Å². The van der Waals surface area contributed by atoms with Crippen molar-refractivity contribution in [3.8, 4) is 22.9 Å². The van der Waals surface area contributed by atoms with Crippen LogP contribution in [0.3, 0.4) is 0 Å². The Bertz CT molecular complexity index is 1000. The first-order valence-corrected chi connectivity index (χ1v) is 9.95. The van der Waals surface area contributed by atoms with Gasteiger partial charge in [-0.1, -0.05) is 23.9 Å². The highest BCUT2D eigenvalue weighted by atomic mass is 32.2. The molecule has 0 saturated carbocycles. The molecule has 4 rings (SSSR count). The molecule has 0 saturated heterocycles. The molecular weight excluding hydrogens is 376 g/mol. The molecule has 1 aromatic heterocycles. The molecule has 0 aliphatic carbocycles. The number of carbonyl (C=O) groups is 1. The number of hydrogen-bond acceptors (Lipinski definition) is 6. The summed E-state index contributed by atoms with van der Waals surface area (Å²) in [6.45, 7) is 4.59. The number of nitrogens with zero attached hydrogens (tertiary/aromatic N) is 3. The van der Waals surface area contributed by atoms with Gasteiger partial charge in [0.15, 0.2) is 22.5 Å². The van der Waals surface area contributed by atoms with Crippen molar-refractivity contribution in [1.82, 2.24) is 14.8 Å². The molecule has 8 heteroatoms. The molecule has 7 nitrogen and oxygen atoms in total. The van der Waals surface area contributed by atoms with Crippen LogP contribution in [0.4, 0.5) is 5.69 Å². The zero-order valence-electron chi connectivity index (χ0n) is 15.6. The minimum atomic E-state index is -0.0748. The molecule has 144 valence electrons. The highest BCUT2D eigenvalue weighted by Gasteiger charge is 2.18. The molecule has 28 heavy (non-hydrogen) atoms. The third-order valence-corrected chi connectivity index (χ3v) is 5.34. The van der Waals surface area contributed by atoms with Gasteiger partial charge >= 0.3 is 0 Å². The molecule has 0 radical (unpaired) electrons. The summed E-state index contributed by atoms with van der Waals surface area (Å²) in [6.07, 6.45) is 0. The molecular formula is C20H20N4O3S. The topological polar surface area (TPSA) is 78.3 Å². The highest BCUT2D eigenvalue weighted by Crippen LogP contribution is 2.36. The van der Waals surface area contributed by atoms with Crippen molar-refractivity contribution < 1.29 is 14.3 Å². The number of rotatable bonds is 6. The van der Waals surface area contributed by atoms with Crippen molar-refractivity contribution in [2.75, 3.05) is 12.1 Å². The molecule has 3 aromatic rings. The minimum absolute atomic E-state index is 0.0748. The maximum atomic E-state index is 11.1. The van der Waals surface area contributed by atoms with Gasteiger partial charge < -0.3 is 19.4 Å². The van der Waals surface area contributed by atoms with Crippen LogP contribution in [0.2, 0.25) is 0 Å². The predicted molar refractivity (Wildman–Crippen MR) is 108 cm³/mol. The summed E-state index contributed by atoms with van der Waals surface area (Å²) in [7, 11) is 0. The van der Waals surface area contributed by atoms with Gasteiger partial charge in [-0.15, -0.1) is 10.2 Å². The maximum Gasteiger partial charge on any atom is 0.231 e. The zero-order valence-corrected chi connectivity index (χ0v) is 16.5. The van der Waals surface area contributed by atoms with E-state index in [4.69, 9.17) is 9.47 Å². The Kier molecular flexibility index (Phi) is 5.21. The van der Waals surface area contributed by atoms with Crippen LogP contribution in [0, 0.1) is 0 Å². The van der Waals surface area contributed by atoms with Crippen LogP contribution in [-0.2, 0) is 17.1 Å². The number of benzene rings is 2. The highest BCUT2D eigenvalue weighted by molar-refractivity contribution is 7.98.